The maximum Gasteiger partial charge on any atom is 0.282 e. The van der Waals surface area contributed by atoms with Crippen molar-refractivity contribution >= 4 is 10.2 Å². The Morgan fingerprint density at radius 1 is 1.17 bits per heavy atom. The summed E-state index contributed by atoms with van der Waals surface area (Å²) < 4.78 is 35.2. The molecule has 6 heteroatoms. The Morgan fingerprint density at radius 3 is 2.54 bits per heavy atom. The summed E-state index contributed by atoms with van der Waals surface area (Å²) in [5.41, 5.74) is 1.02. The van der Waals surface area contributed by atoms with Gasteiger partial charge in [0, 0.05) is 19.6 Å². The van der Waals surface area contributed by atoms with Gasteiger partial charge in [0.2, 0.25) is 0 Å². The topological polar surface area (TPSA) is 49.9 Å². The van der Waals surface area contributed by atoms with Crippen LogP contribution in [0.2, 0.25) is 0 Å². The van der Waals surface area contributed by atoms with E-state index in [1.807, 2.05) is 24.3 Å². The number of methoxy groups -OCH3 is 1. The van der Waals surface area contributed by atoms with Gasteiger partial charge in [-0.25, -0.2) is 0 Å². The van der Waals surface area contributed by atoms with Crippen LogP contribution in [0.1, 0.15) is 44.7 Å². The molecule has 0 radical (unpaired) electrons. The smallest absolute Gasteiger partial charge is 0.282 e. The standard InChI is InChI=1S/C18H28N2O3S/c1-14-10-15(2)13-19(12-14)24(21,22)20-9-5-8-18(20)16-6-4-7-17(11-16)23-3/h4,6-7,11,14-15,18H,5,8-10,12-13H2,1-3H3. The lowest BCUT2D eigenvalue weighted by molar-refractivity contribution is 0.207. The molecule has 0 saturated carbocycles. The number of hydrogen-bond donors (Lipinski definition) is 0. The molecule has 0 bridgehead atoms. The highest BCUT2D eigenvalue weighted by Gasteiger charge is 2.41. The SMILES string of the molecule is COc1cccc(C2CCCN2S(=O)(=O)N2CC(C)CC(C)C2)c1. The van der Waals surface area contributed by atoms with Gasteiger partial charge in [0.15, 0.2) is 0 Å². The van der Waals surface area contributed by atoms with Gasteiger partial charge in [-0.3, -0.25) is 0 Å². The third-order valence-corrected chi connectivity index (χ3v) is 7.12. The Labute approximate surface area is 145 Å². The molecule has 1 aromatic rings. The lowest BCUT2D eigenvalue weighted by Gasteiger charge is -2.37. The highest BCUT2D eigenvalue weighted by Crippen LogP contribution is 2.37. The molecule has 5 nitrogen and oxygen atoms in total. The zero-order valence-corrected chi connectivity index (χ0v) is 15.6. The highest BCUT2D eigenvalue weighted by atomic mass is 32.2. The van der Waals surface area contributed by atoms with E-state index in [4.69, 9.17) is 4.74 Å². The Hall–Kier alpha value is -1.11. The molecule has 0 spiro atoms. The Bertz CT molecular complexity index is 667. The third kappa shape index (κ3) is 3.46. The van der Waals surface area contributed by atoms with E-state index in [9.17, 15) is 8.42 Å². The van der Waals surface area contributed by atoms with Gasteiger partial charge in [-0.15, -0.1) is 0 Å². The Morgan fingerprint density at radius 2 is 1.88 bits per heavy atom. The van der Waals surface area contributed by atoms with E-state index < -0.39 is 10.2 Å². The molecule has 3 rings (SSSR count). The fourth-order valence-corrected chi connectivity index (χ4v) is 6.23. The first-order chi connectivity index (χ1) is 11.4. The molecule has 0 aromatic heterocycles. The minimum absolute atomic E-state index is 0.0855. The second-order valence-electron chi connectivity index (χ2n) is 7.32. The minimum Gasteiger partial charge on any atom is -0.497 e. The van der Waals surface area contributed by atoms with Gasteiger partial charge in [0.05, 0.1) is 13.2 Å². The molecule has 2 fully saturated rings. The van der Waals surface area contributed by atoms with Crippen molar-refractivity contribution in [2.24, 2.45) is 11.8 Å². The van der Waals surface area contributed by atoms with Gasteiger partial charge in [-0.1, -0.05) is 26.0 Å². The van der Waals surface area contributed by atoms with Gasteiger partial charge in [0.25, 0.3) is 10.2 Å². The number of rotatable bonds is 4. The molecule has 134 valence electrons. The first-order valence-electron chi connectivity index (χ1n) is 8.82. The van der Waals surface area contributed by atoms with E-state index in [0.29, 0.717) is 31.5 Å². The largest absolute Gasteiger partial charge is 0.497 e. The molecule has 0 amide bonds. The summed E-state index contributed by atoms with van der Waals surface area (Å²) in [5.74, 6) is 1.61. The van der Waals surface area contributed by atoms with Crippen LogP contribution in [0.5, 0.6) is 5.75 Å². The molecule has 2 saturated heterocycles. The number of ether oxygens (including phenoxy) is 1. The molecule has 3 atom stereocenters. The summed E-state index contributed by atoms with van der Waals surface area (Å²) in [6, 6.07) is 7.70. The number of nitrogens with zero attached hydrogens (tertiary/aromatic N) is 2. The van der Waals surface area contributed by atoms with Crippen LogP contribution in [0.3, 0.4) is 0 Å². The van der Waals surface area contributed by atoms with Gasteiger partial charge in [-0.05, 0) is 48.8 Å². The summed E-state index contributed by atoms with van der Waals surface area (Å²) in [5, 5.41) is 0. The summed E-state index contributed by atoms with van der Waals surface area (Å²) in [6.07, 6.45) is 2.87. The first kappa shape index (κ1) is 17.7. The molecular weight excluding hydrogens is 324 g/mol. The van der Waals surface area contributed by atoms with Crippen LogP contribution in [0.4, 0.5) is 0 Å². The lowest BCUT2D eigenvalue weighted by atomic mass is 9.94. The summed E-state index contributed by atoms with van der Waals surface area (Å²) in [6.45, 7) is 6.15. The average Bonchev–Trinajstić information content (AvgIpc) is 3.04. The normalized spacial score (nSPS) is 29.7. The van der Waals surface area contributed by atoms with Crippen molar-refractivity contribution in [1.82, 2.24) is 8.61 Å². The lowest BCUT2D eigenvalue weighted by Crippen LogP contribution is -2.49. The van der Waals surface area contributed by atoms with Crippen molar-refractivity contribution in [2.75, 3.05) is 26.7 Å². The molecule has 2 aliphatic rings. The Kier molecular flexibility index (Phi) is 5.18. The van der Waals surface area contributed by atoms with E-state index in [1.54, 1.807) is 15.7 Å². The second kappa shape index (κ2) is 7.02. The van der Waals surface area contributed by atoms with Crippen molar-refractivity contribution < 1.29 is 13.2 Å². The van der Waals surface area contributed by atoms with Crippen LogP contribution in [0, 0.1) is 11.8 Å². The molecule has 0 N–H and O–H groups in total. The molecular formula is C18H28N2O3S. The number of piperidine rings is 1. The molecule has 1 aromatic carbocycles. The van der Waals surface area contributed by atoms with Crippen LogP contribution in [0.25, 0.3) is 0 Å². The summed E-state index contributed by atoms with van der Waals surface area (Å²) in [7, 11) is -1.78. The Balaban J connectivity index is 1.86. The maximum atomic E-state index is 13.2. The van der Waals surface area contributed by atoms with E-state index in [-0.39, 0.29) is 6.04 Å². The maximum absolute atomic E-state index is 13.2. The second-order valence-corrected chi connectivity index (χ2v) is 9.20. The molecule has 3 unspecified atom stereocenters. The van der Waals surface area contributed by atoms with Crippen LogP contribution in [-0.2, 0) is 10.2 Å². The van der Waals surface area contributed by atoms with Crippen molar-refractivity contribution in [2.45, 2.75) is 39.2 Å². The quantitative estimate of drug-likeness (QED) is 0.837. The third-order valence-electron chi connectivity index (χ3n) is 5.14. The van der Waals surface area contributed by atoms with Crippen LogP contribution in [0.15, 0.2) is 24.3 Å². The number of benzene rings is 1. The monoisotopic (exact) mass is 352 g/mol. The molecule has 2 heterocycles. The zero-order valence-electron chi connectivity index (χ0n) is 14.8. The number of hydrogen-bond acceptors (Lipinski definition) is 3. The average molecular weight is 353 g/mol. The molecule has 2 aliphatic heterocycles. The first-order valence-corrected chi connectivity index (χ1v) is 10.2. The minimum atomic E-state index is -3.42. The van der Waals surface area contributed by atoms with Crippen LogP contribution < -0.4 is 4.74 Å². The fraction of sp³-hybridized carbons (Fsp3) is 0.667. The molecule has 24 heavy (non-hydrogen) atoms. The van der Waals surface area contributed by atoms with E-state index in [2.05, 4.69) is 13.8 Å². The van der Waals surface area contributed by atoms with E-state index in [1.165, 1.54) is 0 Å². The van der Waals surface area contributed by atoms with Gasteiger partial charge < -0.3 is 4.74 Å². The van der Waals surface area contributed by atoms with Crippen molar-refractivity contribution in [3.63, 3.8) is 0 Å². The molecule has 0 aliphatic carbocycles. The van der Waals surface area contributed by atoms with Crippen LogP contribution >= 0.6 is 0 Å². The van der Waals surface area contributed by atoms with Gasteiger partial charge in [-0.2, -0.15) is 17.0 Å². The summed E-state index contributed by atoms with van der Waals surface area (Å²) in [4.78, 5) is 0. The highest BCUT2D eigenvalue weighted by molar-refractivity contribution is 7.86. The zero-order chi connectivity index (χ0) is 17.3. The van der Waals surface area contributed by atoms with Crippen molar-refractivity contribution in [3.8, 4) is 5.75 Å². The van der Waals surface area contributed by atoms with E-state index >= 15 is 0 Å². The van der Waals surface area contributed by atoms with Crippen molar-refractivity contribution in [1.29, 1.82) is 0 Å². The summed E-state index contributed by atoms with van der Waals surface area (Å²) >= 11 is 0. The van der Waals surface area contributed by atoms with E-state index in [0.717, 1.165) is 30.6 Å². The van der Waals surface area contributed by atoms with Gasteiger partial charge >= 0.3 is 0 Å². The van der Waals surface area contributed by atoms with Gasteiger partial charge in [0.1, 0.15) is 5.75 Å². The fourth-order valence-electron chi connectivity index (χ4n) is 4.14. The predicted octanol–water partition coefficient (Wildman–Crippen LogP) is 3.05. The van der Waals surface area contributed by atoms with Crippen molar-refractivity contribution in [3.05, 3.63) is 29.8 Å². The van der Waals surface area contributed by atoms with Crippen LogP contribution in [-0.4, -0.2) is 43.8 Å². The predicted molar refractivity (Wildman–Crippen MR) is 95.1 cm³/mol.